The van der Waals surface area contributed by atoms with E-state index in [9.17, 15) is 10.2 Å². The lowest BCUT2D eigenvalue weighted by Crippen LogP contribution is -2.36. The predicted molar refractivity (Wildman–Crippen MR) is 129 cm³/mol. The first kappa shape index (κ1) is 22.6. The van der Waals surface area contributed by atoms with E-state index in [1.54, 1.807) is 0 Å². The molecular weight excluding hydrogens is 616 g/mol. The summed E-state index contributed by atoms with van der Waals surface area (Å²) < 4.78 is 2.74. The molecule has 152 valence electrons. The minimum atomic E-state index is -0.181. The van der Waals surface area contributed by atoms with Crippen LogP contribution < -0.4 is 0 Å². The van der Waals surface area contributed by atoms with Gasteiger partial charge in [0.2, 0.25) is 0 Å². The lowest BCUT2D eigenvalue weighted by Gasteiger charge is -2.45. The van der Waals surface area contributed by atoms with Gasteiger partial charge in [-0.1, -0.05) is 20.8 Å². The Hall–Kier alpha value is -0.0400. The normalized spacial score (nSPS) is 17.7. The van der Waals surface area contributed by atoms with Crippen molar-refractivity contribution in [3.63, 3.8) is 0 Å². The van der Waals surface area contributed by atoms with Crippen LogP contribution in [0.2, 0.25) is 0 Å². The number of phenols is 2. The third-order valence-electron chi connectivity index (χ3n) is 6.20. The summed E-state index contributed by atoms with van der Waals surface area (Å²) in [7, 11) is 0. The van der Waals surface area contributed by atoms with Gasteiger partial charge in [-0.05, 0) is 136 Å². The van der Waals surface area contributed by atoms with E-state index in [1.165, 1.54) is 11.1 Å². The van der Waals surface area contributed by atoms with Crippen LogP contribution in [0.4, 0.5) is 0 Å². The molecule has 2 aromatic carbocycles. The molecule has 0 heterocycles. The maximum Gasteiger partial charge on any atom is 0.143 e. The van der Waals surface area contributed by atoms with E-state index in [4.69, 9.17) is 0 Å². The van der Waals surface area contributed by atoms with Gasteiger partial charge in [0.1, 0.15) is 11.5 Å². The number of phenolic OH excluding ortho intramolecular Hbond substituents is 2. The molecule has 1 aliphatic rings. The first-order valence-electron chi connectivity index (χ1n) is 9.32. The van der Waals surface area contributed by atoms with Gasteiger partial charge in [-0.25, -0.2) is 0 Å². The highest BCUT2D eigenvalue weighted by molar-refractivity contribution is 9.11. The zero-order valence-electron chi connectivity index (χ0n) is 16.1. The second-order valence-electron chi connectivity index (χ2n) is 8.80. The van der Waals surface area contributed by atoms with Crippen LogP contribution in [0.1, 0.15) is 57.6 Å². The van der Waals surface area contributed by atoms with Gasteiger partial charge in [-0.3, -0.25) is 0 Å². The van der Waals surface area contributed by atoms with Crippen molar-refractivity contribution in [3.8, 4) is 11.5 Å². The van der Waals surface area contributed by atoms with Crippen molar-refractivity contribution < 1.29 is 10.2 Å². The van der Waals surface area contributed by atoms with Crippen LogP contribution in [-0.4, -0.2) is 10.2 Å². The van der Waals surface area contributed by atoms with Gasteiger partial charge < -0.3 is 10.2 Å². The highest BCUT2D eigenvalue weighted by Crippen LogP contribution is 2.53. The van der Waals surface area contributed by atoms with Crippen LogP contribution in [0.25, 0.3) is 0 Å². The second kappa shape index (κ2) is 8.24. The molecule has 1 fully saturated rings. The molecule has 0 unspecified atom stereocenters. The Labute approximate surface area is 200 Å². The number of halogens is 4. The predicted octanol–water partition coefficient (Wildman–Crippen LogP) is 8.67. The van der Waals surface area contributed by atoms with Crippen LogP contribution in [0.15, 0.2) is 42.2 Å². The number of rotatable bonds is 2. The van der Waals surface area contributed by atoms with Crippen molar-refractivity contribution in [3.05, 3.63) is 53.3 Å². The van der Waals surface area contributed by atoms with Crippen LogP contribution in [-0.2, 0) is 5.41 Å². The van der Waals surface area contributed by atoms with Gasteiger partial charge in [0.25, 0.3) is 0 Å². The van der Waals surface area contributed by atoms with E-state index >= 15 is 0 Å². The van der Waals surface area contributed by atoms with E-state index < -0.39 is 0 Å². The molecule has 6 heteroatoms. The van der Waals surface area contributed by atoms with Gasteiger partial charge in [-0.15, -0.1) is 0 Å². The summed E-state index contributed by atoms with van der Waals surface area (Å²) in [4.78, 5) is 0. The minimum absolute atomic E-state index is 0.181. The van der Waals surface area contributed by atoms with E-state index in [-0.39, 0.29) is 16.9 Å². The Kier molecular flexibility index (Phi) is 6.66. The molecule has 3 rings (SSSR count). The standard InChI is InChI=1S/C22H24Br4O2/c1-21(2,3)12-4-6-22(7-5-12,13-8-15(23)19(27)16(24)9-13)14-10-17(25)20(28)18(26)11-14/h8-12,27-28H,4-7H2,1-3H3. The second-order valence-corrected chi connectivity index (χ2v) is 12.2. The van der Waals surface area contributed by atoms with Gasteiger partial charge >= 0.3 is 0 Å². The third-order valence-corrected chi connectivity index (χ3v) is 8.62. The SMILES string of the molecule is CC(C)(C)C1CCC(c2cc(Br)c(O)c(Br)c2)(c2cc(Br)c(O)c(Br)c2)CC1. The quantitative estimate of drug-likeness (QED) is 0.345. The molecule has 2 aromatic rings. The largest absolute Gasteiger partial charge is 0.506 e. The summed E-state index contributed by atoms with van der Waals surface area (Å²) >= 11 is 14.0. The summed E-state index contributed by atoms with van der Waals surface area (Å²) in [6.07, 6.45) is 4.30. The molecular formula is C22H24Br4O2. The lowest BCUT2D eigenvalue weighted by molar-refractivity contribution is 0.146. The molecule has 2 nitrogen and oxygen atoms in total. The first-order chi connectivity index (χ1) is 13.0. The molecule has 0 aromatic heterocycles. The number of hydrogen-bond acceptors (Lipinski definition) is 2. The Morgan fingerprint density at radius 2 is 1.07 bits per heavy atom. The van der Waals surface area contributed by atoms with Gasteiger partial charge in [0, 0.05) is 5.41 Å². The van der Waals surface area contributed by atoms with Crippen molar-refractivity contribution >= 4 is 63.7 Å². The van der Waals surface area contributed by atoms with Gasteiger partial charge in [0.15, 0.2) is 0 Å². The van der Waals surface area contributed by atoms with E-state index in [0.717, 1.165) is 25.7 Å². The van der Waals surface area contributed by atoms with Gasteiger partial charge in [-0.2, -0.15) is 0 Å². The minimum Gasteiger partial charge on any atom is -0.506 e. The Balaban J connectivity index is 2.16. The number of aromatic hydroxyl groups is 2. The van der Waals surface area contributed by atoms with Crippen molar-refractivity contribution in [2.75, 3.05) is 0 Å². The molecule has 0 radical (unpaired) electrons. The highest BCUT2D eigenvalue weighted by Gasteiger charge is 2.42. The topological polar surface area (TPSA) is 40.5 Å². The molecule has 0 atom stereocenters. The smallest absolute Gasteiger partial charge is 0.143 e. The fourth-order valence-corrected chi connectivity index (χ4v) is 6.78. The van der Waals surface area contributed by atoms with Crippen LogP contribution in [0.5, 0.6) is 11.5 Å². The Bertz CT molecular complexity index is 788. The maximum atomic E-state index is 10.2. The Morgan fingerprint density at radius 1 is 0.750 bits per heavy atom. The molecule has 1 aliphatic carbocycles. The van der Waals surface area contributed by atoms with E-state index in [2.05, 4.69) is 84.5 Å². The van der Waals surface area contributed by atoms with Crippen molar-refractivity contribution in [1.82, 2.24) is 0 Å². The van der Waals surface area contributed by atoms with E-state index in [0.29, 0.717) is 29.2 Å². The maximum absolute atomic E-state index is 10.2. The molecule has 0 saturated heterocycles. The summed E-state index contributed by atoms with van der Waals surface area (Å²) in [5.74, 6) is 1.11. The summed E-state index contributed by atoms with van der Waals surface area (Å²) in [5, 5.41) is 20.4. The van der Waals surface area contributed by atoms with Crippen molar-refractivity contribution in [2.45, 2.75) is 51.9 Å². The molecule has 1 saturated carbocycles. The number of hydrogen-bond donors (Lipinski definition) is 2. The fraction of sp³-hybridized carbons (Fsp3) is 0.455. The third kappa shape index (κ3) is 4.21. The molecule has 2 N–H and O–H groups in total. The monoisotopic (exact) mass is 636 g/mol. The summed E-state index contributed by atoms with van der Waals surface area (Å²) in [5.41, 5.74) is 2.44. The zero-order valence-corrected chi connectivity index (χ0v) is 22.5. The number of benzene rings is 2. The van der Waals surface area contributed by atoms with Crippen LogP contribution in [0, 0.1) is 11.3 Å². The molecule has 0 amide bonds. The average Bonchev–Trinajstić information content (AvgIpc) is 2.62. The highest BCUT2D eigenvalue weighted by atomic mass is 79.9. The van der Waals surface area contributed by atoms with Crippen molar-refractivity contribution in [2.24, 2.45) is 11.3 Å². The molecule has 0 spiro atoms. The van der Waals surface area contributed by atoms with Crippen molar-refractivity contribution in [1.29, 1.82) is 0 Å². The molecule has 28 heavy (non-hydrogen) atoms. The van der Waals surface area contributed by atoms with Gasteiger partial charge in [0.05, 0.1) is 17.9 Å². The molecule has 0 bridgehead atoms. The van der Waals surface area contributed by atoms with Crippen LogP contribution in [0.3, 0.4) is 0 Å². The zero-order chi connectivity index (χ0) is 20.9. The molecule has 0 aliphatic heterocycles. The average molecular weight is 640 g/mol. The summed E-state index contributed by atoms with van der Waals surface area (Å²) in [6.45, 7) is 6.98. The Morgan fingerprint density at radius 3 is 1.36 bits per heavy atom. The van der Waals surface area contributed by atoms with Crippen LogP contribution >= 0.6 is 63.7 Å². The first-order valence-corrected chi connectivity index (χ1v) is 12.5. The fourth-order valence-electron chi connectivity index (χ4n) is 4.40. The lowest BCUT2D eigenvalue weighted by atomic mass is 9.59. The van der Waals surface area contributed by atoms with E-state index in [1.807, 2.05) is 24.3 Å². The summed E-state index contributed by atoms with van der Waals surface area (Å²) in [6, 6.07) is 8.14.